The molecule has 62 valence electrons. The molecule has 0 saturated heterocycles. The van der Waals surface area contributed by atoms with Crippen molar-refractivity contribution >= 4 is 0 Å². The van der Waals surface area contributed by atoms with Crippen molar-refractivity contribution in [3.8, 4) is 0 Å². The van der Waals surface area contributed by atoms with Gasteiger partial charge < -0.3 is 5.11 Å². The molecule has 0 aliphatic rings. The van der Waals surface area contributed by atoms with Gasteiger partial charge in [0.15, 0.2) is 0 Å². The van der Waals surface area contributed by atoms with Gasteiger partial charge in [0.2, 0.25) is 0 Å². The van der Waals surface area contributed by atoms with E-state index in [2.05, 4.69) is 10.1 Å². The van der Waals surface area contributed by atoms with Gasteiger partial charge >= 0.3 is 0 Å². The first kappa shape index (κ1) is 8.20. The molecule has 2 unspecified atom stereocenters. The van der Waals surface area contributed by atoms with Crippen molar-refractivity contribution in [2.45, 2.75) is 32.4 Å². The number of aliphatic hydroxyl groups excluding tert-OH is 1. The molecule has 2 atom stereocenters. The van der Waals surface area contributed by atoms with Crippen LogP contribution in [-0.2, 0) is 0 Å². The van der Waals surface area contributed by atoms with E-state index >= 15 is 0 Å². The Kier molecular flexibility index (Phi) is 2.59. The van der Waals surface area contributed by atoms with E-state index in [1.54, 1.807) is 11.0 Å². The molecule has 1 N–H and O–H groups in total. The largest absolute Gasteiger partial charge is 0.391 e. The zero-order chi connectivity index (χ0) is 8.27. The van der Waals surface area contributed by atoms with Crippen molar-refractivity contribution < 1.29 is 5.11 Å². The van der Waals surface area contributed by atoms with Crippen molar-refractivity contribution in [1.82, 2.24) is 14.8 Å². The molecule has 4 heteroatoms. The third kappa shape index (κ3) is 1.77. The van der Waals surface area contributed by atoms with Gasteiger partial charge in [-0.2, -0.15) is 5.10 Å². The maximum absolute atomic E-state index is 9.41. The van der Waals surface area contributed by atoms with Crippen LogP contribution in [0.5, 0.6) is 0 Å². The van der Waals surface area contributed by atoms with Crippen LogP contribution in [0.25, 0.3) is 0 Å². The molecule has 0 radical (unpaired) electrons. The van der Waals surface area contributed by atoms with Gasteiger partial charge in [-0.15, -0.1) is 0 Å². The van der Waals surface area contributed by atoms with Gasteiger partial charge in [-0.25, -0.2) is 9.67 Å². The van der Waals surface area contributed by atoms with Crippen molar-refractivity contribution in [2.24, 2.45) is 0 Å². The smallest absolute Gasteiger partial charge is 0.137 e. The molecular formula is C7H13N3O. The summed E-state index contributed by atoms with van der Waals surface area (Å²) in [6.07, 6.45) is 3.49. The fraction of sp³-hybridized carbons (Fsp3) is 0.714. The molecule has 0 saturated carbocycles. The molecule has 1 aromatic rings. The highest BCUT2D eigenvalue weighted by Crippen LogP contribution is 2.10. The summed E-state index contributed by atoms with van der Waals surface area (Å²) in [5, 5.41) is 13.3. The lowest BCUT2D eigenvalue weighted by atomic mass is 10.1. The summed E-state index contributed by atoms with van der Waals surface area (Å²) in [5.74, 6) is 0. The molecule has 0 aliphatic carbocycles. The van der Waals surface area contributed by atoms with Crippen LogP contribution < -0.4 is 0 Å². The molecule has 11 heavy (non-hydrogen) atoms. The van der Waals surface area contributed by atoms with Gasteiger partial charge in [0.05, 0.1) is 12.1 Å². The van der Waals surface area contributed by atoms with E-state index in [0.717, 1.165) is 6.42 Å². The predicted molar refractivity (Wildman–Crippen MR) is 41.0 cm³/mol. The Bertz CT molecular complexity index is 197. The summed E-state index contributed by atoms with van der Waals surface area (Å²) >= 11 is 0. The topological polar surface area (TPSA) is 50.9 Å². The third-order valence-electron chi connectivity index (χ3n) is 1.83. The van der Waals surface area contributed by atoms with Crippen LogP contribution in [0.1, 0.15) is 26.3 Å². The zero-order valence-electron chi connectivity index (χ0n) is 6.81. The van der Waals surface area contributed by atoms with Crippen LogP contribution in [0.4, 0.5) is 0 Å². The van der Waals surface area contributed by atoms with Crippen LogP contribution in [0.2, 0.25) is 0 Å². The minimum Gasteiger partial charge on any atom is -0.391 e. The summed E-state index contributed by atoms with van der Waals surface area (Å²) in [5.41, 5.74) is 0. The van der Waals surface area contributed by atoms with E-state index in [0.29, 0.717) is 0 Å². The summed E-state index contributed by atoms with van der Waals surface area (Å²) in [6, 6.07) is 0.0162. The molecule has 0 aromatic carbocycles. The molecule has 1 aromatic heterocycles. The van der Waals surface area contributed by atoms with Crippen molar-refractivity contribution in [3.63, 3.8) is 0 Å². The standard InChI is InChI=1S/C7H13N3O/c1-3-7(11)6(2)10-5-8-4-9-10/h4-7,11H,3H2,1-2H3. The minimum absolute atomic E-state index is 0.0162. The van der Waals surface area contributed by atoms with Crippen LogP contribution >= 0.6 is 0 Å². The van der Waals surface area contributed by atoms with Gasteiger partial charge in [-0.1, -0.05) is 6.92 Å². The lowest BCUT2D eigenvalue weighted by Gasteiger charge is -2.16. The monoisotopic (exact) mass is 155 g/mol. The molecule has 0 amide bonds. The van der Waals surface area contributed by atoms with Gasteiger partial charge in [0, 0.05) is 0 Å². The molecular weight excluding hydrogens is 142 g/mol. The van der Waals surface area contributed by atoms with E-state index in [9.17, 15) is 5.11 Å². The average Bonchev–Trinajstić information content (AvgIpc) is 2.53. The second-order valence-electron chi connectivity index (χ2n) is 2.59. The molecule has 0 spiro atoms. The summed E-state index contributed by atoms with van der Waals surface area (Å²) in [7, 11) is 0. The highest BCUT2D eigenvalue weighted by molar-refractivity contribution is 4.70. The van der Waals surface area contributed by atoms with Crippen LogP contribution in [0.3, 0.4) is 0 Å². The van der Waals surface area contributed by atoms with Crippen LogP contribution in [-0.4, -0.2) is 26.0 Å². The SMILES string of the molecule is CCC(O)C(C)n1cncn1. The Morgan fingerprint density at radius 3 is 2.82 bits per heavy atom. The van der Waals surface area contributed by atoms with E-state index in [-0.39, 0.29) is 12.1 Å². The van der Waals surface area contributed by atoms with E-state index in [1.165, 1.54) is 6.33 Å². The first-order valence-corrected chi connectivity index (χ1v) is 3.78. The Hall–Kier alpha value is -0.900. The summed E-state index contributed by atoms with van der Waals surface area (Å²) < 4.78 is 1.66. The second kappa shape index (κ2) is 3.48. The van der Waals surface area contributed by atoms with Gasteiger partial charge in [-0.05, 0) is 13.3 Å². The van der Waals surface area contributed by atoms with E-state index < -0.39 is 0 Å². The van der Waals surface area contributed by atoms with Crippen molar-refractivity contribution in [1.29, 1.82) is 0 Å². The first-order chi connectivity index (χ1) is 5.25. The van der Waals surface area contributed by atoms with E-state index in [1.807, 2.05) is 13.8 Å². The molecule has 0 fully saturated rings. The fourth-order valence-corrected chi connectivity index (χ4v) is 0.945. The number of aliphatic hydroxyl groups is 1. The molecule has 0 aliphatic heterocycles. The van der Waals surface area contributed by atoms with Gasteiger partial charge in [0.25, 0.3) is 0 Å². The Labute approximate surface area is 65.9 Å². The predicted octanol–water partition coefficient (Wildman–Crippen LogP) is 0.610. The highest BCUT2D eigenvalue weighted by Gasteiger charge is 2.13. The lowest BCUT2D eigenvalue weighted by molar-refractivity contribution is 0.111. The van der Waals surface area contributed by atoms with Crippen molar-refractivity contribution in [2.75, 3.05) is 0 Å². The Balaban J connectivity index is 2.62. The Morgan fingerprint density at radius 1 is 1.64 bits per heavy atom. The minimum atomic E-state index is -0.336. The van der Waals surface area contributed by atoms with Gasteiger partial charge in [-0.3, -0.25) is 0 Å². The number of hydrogen-bond donors (Lipinski definition) is 1. The number of aromatic nitrogens is 3. The first-order valence-electron chi connectivity index (χ1n) is 3.78. The molecule has 1 rings (SSSR count). The summed E-state index contributed by atoms with van der Waals surface area (Å²) in [6.45, 7) is 3.86. The Morgan fingerprint density at radius 2 is 2.36 bits per heavy atom. The van der Waals surface area contributed by atoms with E-state index in [4.69, 9.17) is 0 Å². The zero-order valence-corrected chi connectivity index (χ0v) is 6.81. The summed E-state index contributed by atoms with van der Waals surface area (Å²) in [4.78, 5) is 3.80. The number of nitrogens with zero attached hydrogens (tertiary/aromatic N) is 3. The fourth-order valence-electron chi connectivity index (χ4n) is 0.945. The molecule has 1 heterocycles. The lowest BCUT2D eigenvalue weighted by Crippen LogP contribution is -2.20. The van der Waals surface area contributed by atoms with Gasteiger partial charge in [0.1, 0.15) is 12.7 Å². The quantitative estimate of drug-likeness (QED) is 0.695. The maximum atomic E-state index is 9.41. The maximum Gasteiger partial charge on any atom is 0.137 e. The molecule has 4 nitrogen and oxygen atoms in total. The number of rotatable bonds is 3. The van der Waals surface area contributed by atoms with Crippen molar-refractivity contribution in [3.05, 3.63) is 12.7 Å². The number of hydrogen-bond acceptors (Lipinski definition) is 3. The second-order valence-corrected chi connectivity index (χ2v) is 2.59. The van der Waals surface area contributed by atoms with Crippen LogP contribution in [0.15, 0.2) is 12.7 Å². The molecule has 0 bridgehead atoms. The third-order valence-corrected chi connectivity index (χ3v) is 1.83. The van der Waals surface area contributed by atoms with Crippen LogP contribution in [0, 0.1) is 0 Å². The highest BCUT2D eigenvalue weighted by atomic mass is 16.3. The average molecular weight is 155 g/mol. The normalized spacial score (nSPS) is 16.3.